The second kappa shape index (κ2) is 7.41. The zero-order chi connectivity index (χ0) is 13.4. The molecule has 0 amide bonds. The minimum atomic E-state index is -4.27. The Labute approximate surface area is 106 Å². The van der Waals surface area contributed by atoms with Crippen LogP contribution in [0.1, 0.15) is 30.4 Å². The molecule has 0 aliphatic rings. The van der Waals surface area contributed by atoms with Gasteiger partial charge in [-0.1, -0.05) is 38.0 Å². The monoisotopic (exact) mass is 259 g/mol. The number of hydrogen-bond donors (Lipinski definition) is 0. The molecule has 0 fully saturated rings. The van der Waals surface area contributed by atoms with Crippen molar-refractivity contribution in [3.8, 4) is 0 Å². The summed E-state index contributed by atoms with van der Waals surface area (Å²) in [5.74, 6) is 0. The maximum atomic E-state index is 12.5. The van der Waals surface area contributed by atoms with E-state index in [-0.39, 0.29) is 0 Å². The van der Waals surface area contributed by atoms with E-state index in [1.165, 1.54) is 12.1 Å². The Morgan fingerprint density at radius 3 is 2.56 bits per heavy atom. The first-order valence-electron chi connectivity index (χ1n) is 6.07. The van der Waals surface area contributed by atoms with E-state index in [9.17, 15) is 13.2 Å². The van der Waals surface area contributed by atoms with Gasteiger partial charge in [0.2, 0.25) is 0 Å². The maximum Gasteiger partial charge on any atom is 0.416 e. The molecule has 4 heteroatoms. The highest BCUT2D eigenvalue weighted by Gasteiger charge is 2.30. The third kappa shape index (κ3) is 5.54. The molecule has 0 heterocycles. The average Bonchev–Trinajstić information content (AvgIpc) is 2.33. The summed E-state index contributed by atoms with van der Waals surface area (Å²) in [4.78, 5) is 0. The van der Waals surface area contributed by atoms with Gasteiger partial charge in [-0.25, -0.2) is 0 Å². The molecule has 0 spiro atoms. The topological polar surface area (TPSA) is 9.23 Å². The largest absolute Gasteiger partial charge is 0.416 e. The van der Waals surface area contributed by atoms with Crippen molar-refractivity contribution in [3.63, 3.8) is 0 Å². The van der Waals surface area contributed by atoms with Crippen LogP contribution in [0.2, 0.25) is 0 Å². The summed E-state index contributed by atoms with van der Waals surface area (Å²) in [6.45, 7) is 4.83. The Bertz CT molecular complexity index is 347. The summed E-state index contributed by atoms with van der Waals surface area (Å²) >= 11 is 0. The number of ether oxygens (including phenoxy) is 1. The fourth-order valence-electron chi connectivity index (χ4n) is 1.58. The van der Waals surface area contributed by atoms with Crippen molar-refractivity contribution in [2.45, 2.75) is 31.9 Å². The van der Waals surface area contributed by atoms with E-state index in [2.05, 4.69) is 6.92 Å². The molecule has 0 atom stereocenters. The Hall–Kier alpha value is -1.03. The summed E-state index contributed by atoms with van der Waals surface area (Å²) in [6, 6.07) is 5.38. The van der Waals surface area contributed by atoms with Gasteiger partial charge in [0.25, 0.3) is 0 Å². The van der Waals surface area contributed by atoms with E-state index in [0.29, 0.717) is 25.2 Å². The fourth-order valence-corrected chi connectivity index (χ4v) is 1.58. The highest BCUT2D eigenvalue weighted by molar-refractivity contribution is 5.25. The third-order valence-electron chi connectivity index (χ3n) is 2.58. The molecule has 0 aliphatic carbocycles. The van der Waals surface area contributed by atoms with Crippen LogP contribution in [-0.4, -0.2) is 13.2 Å². The molecule has 1 rings (SSSR count). The summed E-state index contributed by atoms with van der Waals surface area (Å²) in [6.07, 6.45) is -0.911. The molecule has 1 nitrogen and oxygen atoms in total. The lowest BCUT2D eigenvalue weighted by Crippen LogP contribution is -2.06. The zero-order valence-electron chi connectivity index (χ0n) is 10.3. The van der Waals surface area contributed by atoms with Crippen LogP contribution in [0.3, 0.4) is 0 Å². The molecule has 0 aliphatic heterocycles. The highest BCUT2D eigenvalue weighted by Crippen LogP contribution is 2.29. The molecular weight excluding hydrogens is 241 g/mol. The third-order valence-corrected chi connectivity index (χ3v) is 2.58. The number of unbranched alkanes of at least 4 members (excludes halogenated alkanes) is 2. The average molecular weight is 259 g/mol. The van der Waals surface area contributed by atoms with Gasteiger partial charge in [-0.2, -0.15) is 13.2 Å². The Balaban J connectivity index is 2.34. The predicted octanol–water partition coefficient (Wildman–Crippen LogP) is 4.27. The van der Waals surface area contributed by atoms with E-state index in [4.69, 9.17) is 4.74 Å². The van der Waals surface area contributed by atoms with Crippen LogP contribution < -0.4 is 0 Å². The van der Waals surface area contributed by atoms with E-state index >= 15 is 0 Å². The van der Waals surface area contributed by atoms with Crippen molar-refractivity contribution in [1.29, 1.82) is 0 Å². The number of rotatable bonds is 7. The van der Waals surface area contributed by atoms with Gasteiger partial charge in [0.05, 0.1) is 12.2 Å². The van der Waals surface area contributed by atoms with Crippen LogP contribution in [0.15, 0.2) is 24.3 Å². The van der Waals surface area contributed by atoms with E-state index in [1.54, 1.807) is 6.07 Å². The van der Waals surface area contributed by atoms with Gasteiger partial charge >= 0.3 is 6.18 Å². The van der Waals surface area contributed by atoms with Gasteiger partial charge in [0.15, 0.2) is 0 Å². The molecule has 0 N–H and O–H groups in total. The lowest BCUT2D eigenvalue weighted by atomic mass is 10.1. The van der Waals surface area contributed by atoms with Crippen molar-refractivity contribution < 1.29 is 17.9 Å². The zero-order valence-corrected chi connectivity index (χ0v) is 10.3. The van der Waals surface area contributed by atoms with Crippen LogP contribution in [0.5, 0.6) is 0 Å². The lowest BCUT2D eigenvalue weighted by molar-refractivity contribution is -0.137. The van der Waals surface area contributed by atoms with Crippen LogP contribution in [0.25, 0.3) is 0 Å². The van der Waals surface area contributed by atoms with E-state index in [0.717, 1.165) is 25.3 Å². The summed E-state index contributed by atoms with van der Waals surface area (Å²) < 4.78 is 42.7. The van der Waals surface area contributed by atoms with Crippen LogP contribution in [0.4, 0.5) is 13.2 Å². The molecule has 1 aromatic carbocycles. The van der Waals surface area contributed by atoms with Crippen LogP contribution in [-0.2, 0) is 17.3 Å². The molecule has 0 bridgehead atoms. The second-order valence-electron chi connectivity index (χ2n) is 4.12. The van der Waals surface area contributed by atoms with Crippen molar-refractivity contribution in [3.05, 3.63) is 42.3 Å². The van der Waals surface area contributed by atoms with Crippen LogP contribution >= 0.6 is 0 Å². The first-order chi connectivity index (χ1) is 8.54. The number of alkyl halides is 3. The summed E-state index contributed by atoms with van der Waals surface area (Å²) in [7, 11) is 0. The smallest absolute Gasteiger partial charge is 0.381 e. The van der Waals surface area contributed by atoms with E-state index in [1.807, 2.05) is 0 Å². The summed E-state index contributed by atoms with van der Waals surface area (Å²) in [5, 5.41) is 0. The first-order valence-corrected chi connectivity index (χ1v) is 6.07. The van der Waals surface area contributed by atoms with Crippen molar-refractivity contribution >= 4 is 0 Å². The highest BCUT2D eigenvalue weighted by atomic mass is 19.4. The Kier molecular flexibility index (Phi) is 6.19. The van der Waals surface area contributed by atoms with Crippen molar-refractivity contribution in [2.24, 2.45) is 0 Å². The molecular formula is C14H18F3O. The molecule has 1 radical (unpaired) electrons. The van der Waals surface area contributed by atoms with Gasteiger partial charge in [0.1, 0.15) is 0 Å². The van der Waals surface area contributed by atoms with E-state index < -0.39 is 11.7 Å². The molecule has 0 aromatic heterocycles. The Morgan fingerprint density at radius 2 is 1.89 bits per heavy atom. The molecule has 0 saturated heterocycles. The Morgan fingerprint density at radius 1 is 1.11 bits per heavy atom. The molecule has 101 valence electrons. The van der Waals surface area contributed by atoms with Crippen LogP contribution in [0, 0.1) is 6.92 Å². The normalized spacial score (nSPS) is 11.8. The van der Waals surface area contributed by atoms with Gasteiger partial charge in [-0.3, -0.25) is 0 Å². The van der Waals surface area contributed by atoms with Gasteiger partial charge in [0, 0.05) is 6.61 Å². The molecule has 0 saturated carbocycles. The molecule has 0 unspecified atom stereocenters. The fraction of sp³-hybridized carbons (Fsp3) is 0.500. The van der Waals surface area contributed by atoms with Gasteiger partial charge < -0.3 is 4.74 Å². The first kappa shape index (κ1) is 15.0. The molecule has 1 aromatic rings. The molecule has 18 heavy (non-hydrogen) atoms. The standard InChI is InChI=1S/C14H18F3O/c1-2-3-4-9-18-10-8-12-6-5-7-13(11-12)14(15,16)17/h5-7,11H,1-4,8-10H2. The minimum Gasteiger partial charge on any atom is -0.381 e. The second-order valence-corrected chi connectivity index (χ2v) is 4.12. The summed E-state index contributed by atoms with van der Waals surface area (Å²) in [5.41, 5.74) is 0.0547. The van der Waals surface area contributed by atoms with Gasteiger partial charge in [-0.05, 0) is 24.5 Å². The van der Waals surface area contributed by atoms with Gasteiger partial charge in [-0.15, -0.1) is 0 Å². The maximum absolute atomic E-state index is 12.5. The predicted molar refractivity (Wildman–Crippen MR) is 65.2 cm³/mol. The SMILES string of the molecule is [CH2]CCCCOCCc1cccc(C(F)(F)F)c1. The minimum absolute atomic E-state index is 0.457. The lowest BCUT2D eigenvalue weighted by Gasteiger charge is -2.09. The quantitative estimate of drug-likeness (QED) is 0.664. The van der Waals surface area contributed by atoms with Crippen molar-refractivity contribution in [2.75, 3.05) is 13.2 Å². The number of hydrogen-bond acceptors (Lipinski definition) is 1. The number of halogens is 3. The van der Waals surface area contributed by atoms with Crippen molar-refractivity contribution in [1.82, 2.24) is 0 Å². The number of benzene rings is 1.